The summed E-state index contributed by atoms with van der Waals surface area (Å²) in [4.78, 5) is 8.36. The van der Waals surface area contributed by atoms with Crippen molar-refractivity contribution < 1.29 is 17.9 Å². The molecule has 0 radical (unpaired) electrons. The lowest BCUT2D eigenvalue weighted by molar-refractivity contribution is 0.400. The van der Waals surface area contributed by atoms with Gasteiger partial charge in [0, 0.05) is 6.07 Å². The molecule has 1 N–H and O–H groups in total. The summed E-state index contributed by atoms with van der Waals surface area (Å²) in [7, 11) is -1.18. The molecule has 26 heavy (non-hydrogen) atoms. The molecule has 0 aliphatic heterocycles. The summed E-state index contributed by atoms with van der Waals surface area (Å²) >= 11 is 11.9. The van der Waals surface area contributed by atoms with Crippen molar-refractivity contribution in [2.24, 2.45) is 0 Å². The van der Waals surface area contributed by atoms with Gasteiger partial charge in [-0.1, -0.05) is 29.3 Å². The molecular formula is C16H13Cl2N3O4S. The van der Waals surface area contributed by atoms with Gasteiger partial charge in [0.15, 0.2) is 0 Å². The fourth-order valence-electron chi connectivity index (χ4n) is 2.23. The molecule has 7 nitrogen and oxygen atoms in total. The van der Waals surface area contributed by atoms with E-state index in [-0.39, 0.29) is 26.6 Å². The normalized spacial score (nSPS) is 11.4. The summed E-state index contributed by atoms with van der Waals surface area (Å²) in [6.07, 6.45) is 0. The van der Waals surface area contributed by atoms with Crippen LogP contribution in [0, 0.1) is 0 Å². The van der Waals surface area contributed by atoms with E-state index in [2.05, 4.69) is 14.7 Å². The topological polar surface area (TPSA) is 90.4 Å². The van der Waals surface area contributed by atoms with E-state index >= 15 is 0 Å². The Hall–Kier alpha value is -2.29. The zero-order valence-electron chi connectivity index (χ0n) is 13.7. The molecule has 0 aliphatic rings. The number of fused-ring (bicyclic) bond motifs is 1. The molecule has 10 heteroatoms. The number of sulfonamides is 1. The summed E-state index contributed by atoms with van der Waals surface area (Å²) in [6.45, 7) is 0. The highest BCUT2D eigenvalue weighted by molar-refractivity contribution is 7.92. The maximum absolute atomic E-state index is 12.7. The number of hydrogen-bond acceptors (Lipinski definition) is 6. The summed E-state index contributed by atoms with van der Waals surface area (Å²) in [5.41, 5.74) is 0.950. The lowest BCUT2D eigenvalue weighted by atomic mass is 10.3. The number of ether oxygens (including phenoxy) is 2. The number of halogens is 2. The average Bonchev–Trinajstić information content (AvgIpc) is 2.62. The van der Waals surface area contributed by atoms with Crippen LogP contribution in [0.3, 0.4) is 0 Å². The van der Waals surface area contributed by atoms with Gasteiger partial charge in [-0.25, -0.2) is 18.4 Å². The van der Waals surface area contributed by atoms with Crippen LogP contribution in [0.2, 0.25) is 10.0 Å². The maximum atomic E-state index is 12.7. The fraction of sp³-hybridized carbons (Fsp3) is 0.125. The number of benzene rings is 2. The Morgan fingerprint density at radius 1 is 1.00 bits per heavy atom. The van der Waals surface area contributed by atoms with Crippen LogP contribution in [0.15, 0.2) is 41.3 Å². The predicted octanol–water partition coefficient (Wildman–Crippen LogP) is 3.75. The molecule has 0 bridgehead atoms. The molecule has 0 spiro atoms. The zero-order valence-corrected chi connectivity index (χ0v) is 16.0. The highest BCUT2D eigenvalue weighted by Crippen LogP contribution is 2.32. The minimum Gasteiger partial charge on any atom is -0.497 e. The van der Waals surface area contributed by atoms with E-state index in [1.165, 1.54) is 32.4 Å². The number of methoxy groups -OCH3 is 2. The minimum absolute atomic E-state index is 0.0180. The van der Waals surface area contributed by atoms with Crippen molar-refractivity contribution in [3.05, 3.63) is 46.4 Å². The largest absolute Gasteiger partial charge is 0.497 e. The van der Waals surface area contributed by atoms with Gasteiger partial charge in [-0.2, -0.15) is 0 Å². The number of nitrogens with one attached hydrogen (secondary N) is 1. The van der Waals surface area contributed by atoms with Gasteiger partial charge in [0.25, 0.3) is 15.9 Å². The third kappa shape index (κ3) is 3.48. The molecule has 0 saturated carbocycles. The second kappa shape index (κ2) is 7.14. The van der Waals surface area contributed by atoms with Crippen molar-refractivity contribution in [1.29, 1.82) is 0 Å². The molecule has 0 atom stereocenters. The van der Waals surface area contributed by atoms with E-state index < -0.39 is 10.0 Å². The molecule has 0 fully saturated rings. The molecule has 136 valence electrons. The number of rotatable bonds is 5. The first-order chi connectivity index (χ1) is 12.4. The van der Waals surface area contributed by atoms with Crippen LogP contribution in [-0.4, -0.2) is 32.6 Å². The van der Waals surface area contributed by atoms with Crippen molar-refractivity contribution in [1.82, 2.24) is 9.97 Å². The first-order valence-corrected chi connectivity index (χ1v) is 9.46. The zero-order chi connectivity index (χ0) is 18.9. The lowest BCUT2D eigenvalue weighted by Gasteiger charge is -2.12. The predicted molar refractivity (Wildman–Crippen MR) is 99.9 cm³/mol. The first kappa shape index (κ1) is 18.5. The van der Waals surface area contributed by atoms with Gasteiger partial charge < -0.3 is 9.47 Å². The summed E-state index contributed by atoms with van der Waals surface area (Å²) in [5, 5.41) is 0.0342. The molecule has 1 heterocycles. The van der Waals surface area contributed by atoms with Gasteiger partial charge in [0.1, 0.15) is 10.6 Å². The average molecular weight is 414 g/mol. The van der Waals surface area contributed by atoms with Crippen molar-refractivity contribution in [3.63, 3.8) is 0 Å². The van der Waals surface area contributed by atoms with Gasteiger partial charge in [-0.3, -0.25) is 4.72 Å². The molecule has 0 aliphatic carbocycles. The molecular weight excluding hydrogens is 401 g/mol. The van der Waals surface area contributed by atoms with Crippen molar-refractivity contribution >= 4 is 50.1 Å². The number of anilines is 1. The molecule has 1 aromatic heterocycles. The monoisotopic (exact) mass is 413 g/mol. The molecule has 2 aromatic carbocycles. The number of nitrogens with zero attached hydrogens (tertiary/aromatic N) is 2. The van der Waals surface area contributed by atoms with Gasteiger partial charge in [-0.05, 0) is 24.3 Å². The molecule has 3 rings (SSSR count). The molecule has 3 aromatic rings. The van der Waals surface area contributed by atoms with Crippen LogP contribution < -0.4 is 14.2 Å². The van der Waals surface area contributed by atoms with Gasteiger partial charge in [0.2, 0.25) is 5.82 Å². The Bertz CT molecular complexity index is 1090. The van der Waals surface area contributed by atoms with Gasteiger partial charge in [0.05, 0.1) is 35.3 Å². The highest BCUT2D eigenvalue weighted by atomic mass is 35.5. The quantitative estimate of drug-likeness (QED) is 0.684. The Kier molecular flexibility index (Phi) is 5.08. The third-order valence-corrected chi connectivity index (χ3v) is 5.78. The fourth-order valence-corrected chi connectivity index (χ4v) is 3.99. The van der Waals surface area contributed by atoms with Crippen molar-refractivity contribution in [2.45, 2.75) is 4.90 Å². The van der Waals surface area contributed by atoms with E-state index in [4.69, 9.17) is 32.7 Å². The van der Waals surface area contributed by atoms with Crippen molar-refractivity contribution in [3.8, 4) is 11.6 Å². The lowest BCUT2D eigenvalue weighted by Crippen LogP contribution is -2.16. The molecule has 0 saturated heterocycles. The van der Waals surface area contributed by atoms with Crippen molar-refractivity contribution in [2.75, 3.05) is 18.9 Å². The maximum Gasteiger partial charge on any atom is 0.264 e. The smallest absolute Gasteiger partial charge is 0.264 e. The van der Waals surface area contributed by atoms with Crippen LogP contribution in [0.5, 0.6) is 11.6 Å². The Morgan fingerprint density at radius 3 is 2.46 bits per heavy atom. The highest BCUT2D eigenvalue weighted by Gasteiger charge is 2.23. The van der Waals surface area contributed by atoms with E-state index in [1.807, 2.05) is 0 Å². The van der Waals surface area contributed by atoms with E-state index in [0.717, 1.165) is 0 Å². The molecule has 0 amide bonds. The van der Waals surface area contributed by atoms with Crippen LogP contribution in [0.1, 0.15) is 0 Å². The standard InChI is InChI=1S/C16H13Cl2N3O4S/c1-24-9-6-7-11-12(8-9)19-15(16(20-11)25-2)21-26(22,23)13-5-3-4-10(17)14(13)18/h3-8H,1-2H3,(H,19,21). The second-order valence-corrected chi connectivity index (χ2v) is 7.53. The molecule has 0 unspecified atom stereocenters. The summed E-state index contributed by atoms with van der Waals surface area (Å²) in [5.74, 6) is 0.498. The Morgan fingerprint density at radius 2 is 1.77 bits per heavy atom. The first-order valence-electron chi connectivity index (χ1n) is 7.22. The third-order valence-electron chi connectivity index (χ3n) is 3.47. The van der Waals surface area contributed by atoms with E-state index in [9.17, 15) is 8.42 Å². The van der Waals surface area contributed by atoms with E-state index in [1.54, 1.807) is 18.2 Å². The second-order valence-electron chi connectivity index (χ2n) is 5.09. The SMILES string of the molecule is COc1ccc2nc(OC)c(NS(=O)(=O)c3cccc(Cl)c3Cl)nc2c1. The van der Waals surface area contributed by atoms with Gasteiger partial charge in [-0.15, -0.1) is 0 Å². The number of hydrogen-bond donors (Lipinski definition) is 1. The van der Waals surface area contributed by atoms with Crippen LogP contribution >= 0.6 is 23.2 Å². The Labute approximate surface area is 159 Å². The van der Waals surface area contributed by atoms with Crippen LogP contribution in [0.25, 0.3) is 11.0 Å². The summed E-state index contributed by atoms with van der Waals surface area (Å²) < 4.78 is 38.0. The summed E-state index contributed by atoms with van der Waals surface area (Å²) in [6, 6.07) is 9.34. The number of aromatic nitrogens is 2. The van der Waals surface area contributed by atoms with Crippen LogP contribution in [0.4, 0.5) is 5.82 Å². The van der Waals surface area contributed by atoms with Gasteiger partial charge >= 0.3 is 0 Å². The Balaban J connectivity index is 2.10. The minimum atomic E-state index is -4.06. The van der Waals surface area contributed by atoms with E-state index in [0.29, 0.717) is 16.8 Å². The van der Waals surface area contributed by atoms with Crippen LogP contribution in [-0.2, 0) is 10.0 Å².